The summed E-state index contributed by atoms with van der Waals surface area (Å²) in [5.41, 5.74) is 0.0492. The van der Waals surface area contributed by atoms with Crippen molar-refractivity contribution >= 4 is 23.3 Å². The van der Waals surface area contributed by atoms with E-state index in [4.69, 9.17) is 0 Å². The Morgan fingerprint density at radius 3 is 3.25 bits per heavy atom. The monoisotopic (exact) mass is 242 g/mol. The summed E-state index contributed by atoms with van der Waals surface area (Å²) in [5.74, 6) is 3.31. The number of nitrogens with zero attached hydrogens (tertiary/aromatic N) is 3. The molecule has 1 atom stereocenters. The SMILES string of the molecule is Cn1cc([N+](=O)[O-])c(NCC2CCSC2)n1. The lowest BCUT2D eigenvalue weighted by molar-refractivity contribution is -0.384. The van der Waals surface area contributed by atoms with Crippen molar-refractivity contribution in [3.8, 4) is 0 Å². The number of nitro groups is 1. The fraction of sp³-hybridized carbons (Fsp3) is 0.667. The van der Waals surface area contributed by atoms with E-state index >= 15 is 0 Å². The summed E-state index contributed by atoms with van der Waals surface area (Å²) in [5, 5.41) is 17.9. The molecule has 0 bridgehead atoms. The highest BCUT2D eigenvalue weighted by Gasteiger charge is 2.20. The number of hydrogen-bond donors (Lipinski definition) is 1. The van der Waals surface area contributed by atoms with Gasteiger partial charge in [-0.25, -0.2) is 0 Å². The lowest BCUT2D eigenvalue weighted by Crippen LogP contribution is -2.14. The number of rotatable bonds is 4. The van der Waals surface area contributed by atoms with Crippen molar-refractivity contribution in [1.82, 2.24) is 9.78 Å². The maximum atomic E-state index is 10.7. The molecule has 1 aromatic rings. The topological polar surface area (TPSA) is 73.0 Å². The van der Waals surface area contributed by atoms with Crippen molar-refractivity contribution in [2.75, 3.05) is 23.4 Å². The van der Waals surface area contributed by atoms with Gasteiger partial charge < -0.3 is 5.32 Å². The lowest BCUT2D eigenvalue weighted by Gasteiger charge is -2.08. The molecule has 0 aromatic carbocycles. The third-order valence-electron chi connectivity index (χ3n) is 2.59. The molecule has 0 spiro atoms. The summed E-state index contributed by atoms with van der Waals surface area (Å²) in [4.78, 5) is 10.3. The van der Waals surface area contributed by atoms with Crippen molar-refractivity contribution < 1.29 is 4.92 Å². The van der Waals surface area contributed by atoms with Crippen LogP contribution in [0.3, 0.4) is 0 Å². The Morgan fingerprint density at radius 2 is 2.62 bits per heavy atom. The summed E-state index contributed by atoms with van der Waals surface area (Å²) >= 11 is 1.93. The van der Waals surface area contributed by atoms with E-state index in [1.165, 1.54) is 23.1 Å². The highest BCUT2D eigenvalue weighted by atomic mass is 32.2. The highest BCUT2D eigenvalue weighted by molar-refractivity contribution is 7.99. The van der Waals surface area contributed by atoms with Gasteiger partial charge in [-0.15, -0.1) is 5.10 Å². The molecule has 7 heteroatoms. The molecule has 6 nitrogen and oxygen atoms in total. The molecule has 0 amide bonds. The number of aryl methyl sites for hydroxylation is 1. The number of anilines is 1. The minimum Gasteiger partial charge on any atom is -0.363 e. The van der Waals surface area contributed by atoms with Gasteiger partial charge in [0.2, 0.25) is 5.82 Å². The maximum absolute atomic E-state index is 10.7. The third-order valence-corrected chi connectivity index (χ3v) is 3.82. The predicted molar refractivity (Wildman–Crippen MR) is 63.8 cm³/mol. The van der Waals surface area contributed by atoms with E-state index in [0.29, 0.717) is 11.7 Å². The van der Waals surface area contributed by atoms with Crippen LogP contribution < -0.4 is 5.32 Å². The van der Waals surface area contributed by atoms with Gasteiger partial charge in [-0.05, 0) is 23.8 Å². The molecule has 2 rings (SSSR count). The van der Waals surface area contributed by atoms with E-state index in [1.807, 2.05) is 11.8 Å². The summed E-state index contributed by atoms with van der Waals surface area (Å²) in [6.07, 6.45) is 2.60. The molecule has 2 heterocycles. The van der Waals surface area contributed by atoms with Crippen LogP contribution in [0.1, 0.15) is 6.42 Å². The van der Waals surface area contributed by atoms with Crippen molar-refractivity contribution in [2.45, 2.75) is 6.42 Å². The Kier molecular flexibility index (Phi) is 3.33. The standard InChI is InChI=1S/C9H14N4O2S/c1-12-5-8(13(14)15)9(11-12)10-4-7-2-3-16-6-7/h5,7H,2-4,6H2,1H3,(H,10,11). The Balaban J connectivity index is 1.99. The Morgan fingerprint density at radius 1 is 1.81 bits per heavy atom. The van der Waals surface area contributed by atoms with Gasteiger partial charge in [0, 0.05) is 13.6 Å². The van der Waals surface area contributed by atoms with Gasteiger partial charge in [-0.2, -0.15) is 11.8 Å². The molecule has 1 aliphatic rings. The zero-order chi connectivity index (χ0) is 11.5. The number of nitrogens with one attached hydrogen (secondary N) is 1. The zero-order valence-corrected chi connectivity index (χ0v) is 9.87. The van der Waals surface area contributed by atoms with Gasteiger partial charge in [0.1, 0.15) is 6.20 Å². The van der Waals surface area contributed by atoms with Crippen LogP contribution in [0, 0.1) is 16.0 Å². The molecule has 0 saturated carbocycles. The molecule has 1 N–H and O–H groups in total. The smallest absolute Gasteiger partial charge is 0.330 e. The van der Waals surface area contributed by atoms with Crippen molar-refractivity contribution in [3.63, 3.8) is 0 Å². The van der Waals surface area contributed by atoms with Crippen LogP contribution in [0.5, 0.6) is 0 Å². The predicted octanol–water partition coefficient (Wildman–Crippen LogP) is 1.49. The van der Waals surface area contributed by atoms with Crippen LogP contribution >= 0.6 is 11.8 Å². The van der Waals surface area contributed by atoms with Gasteiger partial charge in [0.15, 0.2) is 0 Å². The number of hydrogen-bond acceptors (Lipinski definition) is 5. The van der Waals surface area contributed by atoms with Crippen LogP contribution in [-0.2, 0) is 7.05 Å². The Labute approximate surface area is 97.5 Å². The van der Waals surface area contributed by atoms with Crippen molar-refractivity contribution in [2.24, 2.45) is 13.0 Å². The molecular formula is C9H14N4O2S. The molecule has 0 aliphatic carbocycles. The third kappa shape index (κ3) is 2.46. The van der Waals surface area contributed by atoms with Gasteiger partial charge in [0.05, 0.1) is 4.92 Å². The van der Waals surface area contributed by atoms with Crippen LogP contribution in [-0.4, -0.2) is 32.8 Å². The number of thioether (sulfide) groups is 1. The average molecular weight is 242 g/mol. The van der Waals surface area contributed by atoms with Gasteiger partial charge in [0.25, 0.3) is 0 Å². The van der Waals surface area contributed by atoms with Gasteiger partial charge in [-0.3, -0.25) is 14.8 Å². The number of aromatic nitrogens is 2. The Hall–Kier alpha value is -1.24. The molecule has 1 fully saturated rings. The minimum atomic E-state index is -0.404. The summed E-state index contributed by atoms with van der Waals surface area (Å²) in [7, 11) is 1.68. The molecule has 1 unspecified atom stereocenters. The molecule has 88 valence electrons. The van der Waals surface area contributed by atoms with Crippen molar-refractivity contribution in [3.05, 3.63) is 16.3 Å². The first-order valence-corrected chi connectivity index (χ1v) is 6.32. The van der Waals surface area contributed by atoms with E-state index < -0.39 is 4.92 Å². The fourth-order valence-corrected chi connectivity index (χ4v) is 3.01. The normalized spacial score (nSPS) is 19.9. The summed E-state index contributed by atoms with van der Waals surface area (Å²) < 4.78 is 1.46. The van der Waals surface area contributed by atoms with Crippen LogP contribution in [0.2, 0.25) is 0 Å². The maximum Gasteiger partial charge on any atom is 0.330 e. The minimum absolute atomic E-state index is 0.0492. The zero-order valence-electron chi connectivity index (χ0n) is 9.05. The van der Waals surface area contributed by atoms with E-state index in [-0.39, 0.29) is 5.69 Å². The largest absolute Gasteiger partial charge is 0.363 e. The molecule has 1 aromatic heterocycles. The van der Waals surface area contributed by atoms with Gasteiger partial charge >= 0.3 is 5.69 Å². The second-order valence-electron chi connectivity index (χ2n) is 3.90. The highest BCUT2D eigenvalue weighted by Crippen LogP contribution is 2.26. The second kappa shape index (κ2) is 4.73. The average Bonchev–Trinajstić information content (AvgIpc) is 2.83. The van der Waals surface area contributed by atoms with E-state index in [9.17, 15) is 10.1 Å². The summed E-state index contributed by atoms with van der Waals surface area (Å²) in [6.45, 7) is 0.769. The molecular weight excluding hydrogens is 228 g/mol. The van der Waals surface area contributed by atoms with E-state index in [0.717, 1.165) is 12.3 Å². The van der Waals surface area contributed by atoms with Crippen LogP contribution in [0.25, 0.3) is 0 Å². The summed E-state index contributed by atoms with van der Waals surface area (Å²) in [6, 6.07) is 0. The molecule has 16 heavy (non-hydrogen) atoms. The quantitative estimate of drug-likeness (QED) is 0.639. The van der Waals surface area contributed by atoms with Crippen LogP contribution in [0.4, 0.5) is 11.5 Å². The first kappa shape index (κ1) is 11.3. The second-order valence-corrected chi connectivity index (χ2v) is 5.05. The van der Waals surface area contributed by atoms with Gasteiger partial charge in [-0.1, -0.05) is 0 Å². The van der Waals surface area contributed by atoms with E-state index in [2.05, 4.69) is 10.4 Å². The first-order valence-electron chi connectivity index (χ1n) is 5.16. The molecule has 1 saturated heterocycles. The lowest BCUT2D eigenvalue weighted by atomic mass is 10.1. The first-order chi connectivity index (χ1) is 7.66. The van der Waals surface area contributed by atoms with Crippen molar-refractivity contribution in [1.29, 1.82) is 0 Å². The molecule has 0 radical (unpaired) electrons. The van der Waals surface area contributed by atoms with Crippen LogP contribution in [0.15, 0.2) is 6.20 Å². The van der Waals surface area contributed by atoms with E-state index in [1.54, 1.807) is 7.05 Å². The molecule has 1 aliphatic heterocycles. The fourth-order valence-electron chi connectivity index (χ4n) is 1.72. The Bertz CT molecular complexity index is 387.